The van der Waals surface area contributed by atoms with Crippen molar-refractivity contribution in [3.63, 3.8) is 0 Å². The molecule has 0 heterocycles. The summed E-state index contributed by atoms with van der Waals surface area (Å²) in [6, 6.07) is 10.4. The second kappa shape index (κ2) is 9.85. The summed E-state index contributed by atoms with van der Waals surface area (Å²) in [4.78, 5) is 13.4. The van der Waals surface area contributed by atoms with Crippen molar-refractivity contribution in [3.8, 4) is 0 Å². The molecule has 0 fully saturated rings. The summed E-state index contributed by atoms with van der Waals surface area (Å²) in [7, 11) is 0. The van der Waals surface area contributed by atoms with Crippen molar-refractivity contribution in [1.82, 2.24) is 5.32 Å². The Kier molecular flexibility index (Phi) is 8.47. The first-order valence-corrected chi connectivity index (χ1v) is 8.71. The lowest BCUT2D eigenvalue weighted by atomic mass is 9.96. The summed E-state index contributed by atoms with van der Waals surface area (Å²) < 4.78 is 5.21. The third kappa shape index (κ3) is 6.53. The number of benzene rings is 1. The quantitative estimate of drug-likeness (QED) is 0.404. The third-order valence-electron chi connectivity index (χ3n) is 3.32. The van der Waals surface area contributed by atoms with E-state index < -0.39 is 5.54 Å². The SMILES string of the molecule is CCCNC(C)(CCCSc1ccccc1)C(=O)OCC. The fourth-order valence-electron chi connectivity index (χ4n) is 2.09. The van der Waals surface area contributed by atoms with Gasteiger partial charge in [-0.1, -0.05) is 25.1 Å². The molecule has 1 unspecified atom stereocenters. The zero-order chi connectivity index (χ0) is 15.6. The molecule has 1 rings (SSSR count). The Bertz CT molecular complexity index is 411. The molecule has 0 spiro atoms. The fraction of sp³-hybridized carbons (Fsp3) is 0.588. The van der Waals surface area contributed by atoms with Gasteiger partial charge in [0, 0.05) is 4.90 Å². The maximum Gasteiger partial charge on any atom is 0.326 e. The molecule has 1 aromatic carbocycles. The number of esters is 1. The Hall–Kier alpha value is -1.00. The van der Waals surface area contributed by atoms with E-state index in [9.17, 15) is 4.79 Å². The number of rotatable bonds is 10. The van der Waals surface area contributed by atoms with Gasteiger partial charge in [-0.25, -0.2) is 0 Å². The minimum atomic E-state index is -0.566. The highest BCUT2D eigenvalue weighted by Crippen LogP contribution is 2.22. The largest absolute Gasteiger partial charge is 0.465 e. The van der Waals surface area contributed by atoms with Crippen molar-refractivity contribution >= 4 is 17.7 Å². The molecule has 0 aliphatic carbocycles. The van der Waals surface area contributed by atoms with E-state index in [0.717, 1.165) is 31.6 Å². The molecule has 1 atom stereocenters. The normalized spacial score (nSPS) is 13.7. The van der Waals surface area contributed by atoms with Crippen LogP contribution >= 0.6 is 11.8 Å². The topological polar surface area (TPSA) is 38.3 Å². The van der Waals surface area contributed by atoms with Crippen molar-refractivity contribution in [3.05, 3.63) is 30.3 Å². The molecule has 4 heteroatoms. The first-order chi connectivity index (χ1) is 10.1. The summed E-state index contributed by atoms with van der Waals surface area (Å²) >= 11 is 1.83. The van der Waals surface area contributed by atoms with E-state index in [1.807, 2.05) is 43.8 Å². The Morgan fingerprint density at radius 3 is 2.62 bits per heavy atom. The molecule has 1 N–H and O–H groups in total. The van der Waals surface area contributed by atoms with Crippen LogP contribution in [0.3, 0.4) is 0 Å². The lowest BCUT2D eigenvalue weighted by molar-refractivity contribution is -0.150. The predicted octanol–water partition coefficient (Wildman–Crippen LogP) is 3.88. The van der Waals surface area contributed by atoms with E-state index in [0.29, 0.717) is 6.61 Å². The average Bonchev–Trinajstić information content (AvgIpc) is 2.51. The van der Waals surface area contributed by atoms with E-state index in [-0.39, 0.29) is 5.97 Å². The Morgan fingerprint density at radius 1 is 1.29 bits per heavy atom. The third-order valence-corrected chi connectivity index (χ3v) is 4.42. The zero-order valence-electron chi connectivity index (χ0n) is 13.4. The van der Waals surface area contributed by atoms with Crippen molar-refractivity contribution in [2.45, 2.75) is 50.5 Å². The first-order valence-electron chi connectivity index (χ1n) is 7.72. The van der Waals surface area contributed by atoms with Gasteiger partial charge in [0.1, 0.15) is 5.54 Å². The number of thioether (sulfide) groups is 1. The van der Waals surface area contributed by atoms with Gasteiger partial charge in [0.15, 0.2) is 0 Å². The van der Waals surface area contributed by atoms with Gasteiger partial charge in [0.2, 0.25) is 0 Å². The predicted molar refractivity (Wildman–Crippen MR) is 89.7 cm³/mol. The number of ether oxygens (including phenoxy) is 1. The molecule has 0 saturated heterocycles. The van der Waals surface area contributed by atoms with Crippen LogP contribution in [0.1, 0.15) is 40.0 Å². The molecule has 3 nitrogen and oxygen atoms in total. The highest BCUT2D eigenvalue weighted by Gasteiger charge is 2.33. The average molecular weight is 309 g/mol. The first kappa shape index (κ1) is 18.1. The molecular weight excluding hydrogens is 282 g/mol. The summed E-state index contributed by atoms with van der Waals surface area (Å²) in [5.74, 6) is 0.871. The van der Waals surface area contributed by atoms with E-state index >= 15 is 0 Å². The van der Waals surface area contributed by atoms with E-state index in [1.165, 1.54) is 4.90 Å². The molecular formula is C17H27NO2S. The molecule has 0 aliphatic heterocycles. The molecule has 0 radical (unpaired) electrons. The molecule has 118 valence electrons. The van der Waals surface area contributed by atoms with Crippen molar-refractivity contribution < 1.29 is 9.53 Å². The van der Waals surface area contributed by atoms with Gasteiger partial charge >= 0.3 is 5.97 Å². The maximum absolute atomic E-state index is 12.1. The number of hydrogen-bond acceptors (Lipinski definition) is 4. The van der Waals surface area contributed by atoms with Crippen LogP contribution in [0.2, 0.25) is 0 Å². The zero-order valence-corrected chi connectivity index (χ0v) is 14.2. The van der Waals surface area contributed by atoms with Crippen molar-refractivity contribution in [2.24, 2.45) is 0 Å². The highest BCUT2D eigenvalue weighted by molar-refractivity contribution is 7.99. The molecule has 1 aromatic rings. The minimum Gasteiger partial charge on any atom is -0.465 e. The van der Waals surface area contributed by atoms with E-state index in [4.69, 9.17) is 4.74 Å². The summed E-state index contributed by atoms with van der Waals surface area (Å²) in [6.07, 6.45) is 2.78. The number of carbonyl (C=O) groups excluding carboxylic acids is 1. The van der Waals surface area contributed by atoms with Gasteiger partial charge in [0.05, 0.1) is 6.61 Å². The second-order valence-electron chi connectivity index (χ2n) is 5.24. The second-order valence-corrected chi connectivity index (χ2v) is 6.41. The van der Waals surface area contributed by atoms with Gasteiger partial charge in [-0.3, -0.25) is 4.79 Å². The molecule has 0 aliphatic rings. The van der Waals surface area contributed by atoms with Crippen molar-refractivity contribution in [2.75, 3.05) is 18.9 Å². The molecule has 0 aromatic heterocycles. The van der Waals surface area contributed by atoms with E-state index in [2.05, 4.69) is 24.4 Å². The van der Waals surface area contributed by atoms with Crippen LogP contribution < -0.4 is 5.32 Å². The number of hydrogen-bond donors (Lipinski definition) is 1. The standard InChI is InChI=1S/C17H27NO2S/c1-4-13-18-17(3,16(19)20-5-2)12-9-14-21-15-10-7-6-8-11-15/h6-8,10-11,18H,4-5,9,12-14H2,1-3H3. The van der Waals surface area contributed by atoms with Gasteiger partial charge in [-0.2, -0.15) is 0 Å². The molecule has 0 bridgehead atoms. The van der Waals surface area contributed by atoms with Crippen LogP contribution in [0.4, 0.5) is 0 Å². The lowest BCUT2D eigenvalue weighted by Crippen LogP contribution is -2.50. The smallest absolute Gasteiger partial charge is 0.326 e. The van der Waals surface area contributed by atoms with Crippen LogP contribution in [0.25, 0.3) is 0 Å². The lowest BCUT2D eigenvalue weighted by Gasteiger charge is -2.28. The molecule has 21 heavy (non-hydrogen) atoms. The minimum absolute atomic E-state index is 0.136. The number of nitrogens with one attached hydrogen (secondary N) is 1. The highest BCUT2D eigenvalue weighted by atomic mass is 32.2. The van der Waals surface area contributed by atoms with Gasteiger partial charge in [0.25, 0.3) is 0 Å². The summed E-state index contributed by atoms with van der Waals surface area (Å²) in [5, 5.41) is 3.35. The Balaban J connectivity index is 2.43. The Labute approximate surface area is 132 Å². The summed E-state index contributed by atoms with van der Waals surface area (Å²) in [5.41, 5.74) is -0.566. The monoisotopic (exact) mass is 309 g/mol. The summed E-state index contributed by atoms with van der Waals surface area (Å²) in [6.45, 7) is 7.17. The van der Waals surface area contributed by atoms with Crippen LogP contribution in [0, 0.1) is 0 Å². The molecule has 0 amide bonds. The van der Waals surface area contributed by atoms with Crippen LogP contribution in [-0.2, 0) is 9.53 Å². The van der Waals surface area contributed by atoms with Crippen LogP contribution in [-0.4, -0.2) is 30.4 Å². The van der Waals surface area contributed by atoms with Crippen LogP contribution in [0.15, 0.2) is 35.2 Å². The Morgan fingerprint density at radius 2 is 2.00 bits per heavy atom. The number of carbonyl (C=O) groups is 1. The fourth-order valence-corrected chi connectivity index (χ4v) is 2.96. The van der Waals surface area contributed by atoms with Crippen LogP contribution in [0.5, 0.6) is 0 Å². The molecule has 0 saturated carbocycles. The van der Waals surface area contributed by atoms with Crippen molar-refractivity contribution in [1.29, 1.82) is 0 Å². The van der Waals surface area contributed by atoms with E-state index in [1.54, 1.807) is 0 Å². The maximum atomic E-state index is 12.1. The van der Waals surface area contributed by atoms with Gasteiger partial charge < -0.3 is 10.1 Å². The van der Waals surface area contributed by atoms with Gasteiger partial charge in [-0.05, 0) is 57.5 Å². The van der Waals surface area contributed by atoms with Gasteiger partial charge in [-0.15, -0.1) is 11.8 Å².